The van der Waals surface area contributed by atoms with Crippen LogP contribution in [0.4, 0.5) is 0 Å². The fourth-order valence-electron chi connectivity index (χ4n) is 3.47. The molecule has 0 bridgehead atoms. The van der Waals surface area contributed by atoms with Gasteiger partial charge in [-0.05, 0) is 50.8 Å². The maximum absolute atomic E-state index is 13.0. The zero-order chi connectivity index (χ0) is 20.3. The molecule has 1 amide bonds. The molecule has 2 heterocycles. The number of hydrogen-bond donors (Lipinski definition) is 1. The van der Waals surface area contributed by atoms with Crippen molar-refractivity contribution >= 4 is 27.5 Å². The van der Waals surface area contributed by atoms with E-state index in [9.17, 15) is 13.2 Å². The average molecular weight is 426 g/mol. The van der Waals surface area contributed by atoms with E-state index in [0.29, 0.717) is 43.1 Å². The highest BCUT2D eigenvalue weighted by atomic mass is 35.5. The fourth-order valence-corrected chi connectivity index (χ4v) is 5.41. The van der Waals surface area contributed by atoms with E-state index in [1.54, 1.807) is 13.8 Å². The summed E-state index contributed by atoms with van der Waals surface area (Å²) in [5.74, 6) is -0.214. The van der Waals surface area contributed by atoms with E-state index in [2.05, 4.69) is 10.5 Å². The van der Waals surface area contributed by atoms with Gasteiger partial charge < -0.3 is 9.84 Å². The lowest BCUT2D eigenvalue weighted by atomic mass is 9.99. The fraction of sp³-hybridized carbons (Fsp3) is 0.474. The predicted octanol–water partition coefficient (Wildman–Crippen LogP) is 2.70. The molecule has 3 rings (SSSR count). The Bertz CT molecular complexity index is 921. The number of rotatable bonds is 6. The quantitative estimate of drug-likeness (QED) is 0.768. The zero-order valence-corrected chi connectivity index (χ0v) is 17.5. The number of sulfonamides is 1. The van der Waals surface area contributed by atoms with Gasteiger partial charge in [0.25, 0.3) is 0 Å². The maximum Gasteiger partial charge on any atom is 0.248 e. The Morgan fingerprint density at radius 1 is 1.32 bits per heavy atom. The minimum Gasteiger partial charge on any atom is -0.360 e. The van der Waals surface area contributed by atoms with Crippen LogP contribution in [0.5, 0.6) is 0 Å². The van der Waals surface area contributed by atoms with Crippen molar-refractivity contribution in [2.75, 3.05) is 19.6 Å². The number of nitrogens with one attached hydrogen (secondary N) is 1. The average Bonchev–Trinajstić information content (AvgIpc) is 3.02. The number of piperidine rings is 1. The van der Waals surface area contributed by atoms with Crippen molar-refractivity contribution in [3.8, 4) is 0 Å². The number of halogens is 1. The van der Waals surface area contributed by atoms with Crippen LogP contribution in [-0.2, 0) is 21.2 Å². The van der Waals surface area contributed by atoms with Crippen molar-refractivity contribution in [3.63, 3.8) is 0 Å². The maximum atomic E-state index is 13.0. The summed E-state index contributed by atoms with van der Waals surface area (Å²) in [4.78, 5) is 12.7. The second-order valence-corrected chi connectivity index (χ2v) is 9.33. The number of amides is 1. The second-order valence-electron chi connectivity index (χ2n) is 7.02. The SMILES string of the molecule is Cc1noc(C)c1S(=O)(=O)N1CCC[C@@H](C(=O)NCCc2ccc(Cl)cc2)C1. The summed E-state index contributed by atoms with van der Waals surface area (Å²) in [6.07, 6.45) is 2.00. The van der Waals surface area contributed by atoms with E-state index in [1.165, 1.54) is 4.31 Å². The molecule has 7 nitrogen and oxygen atoms in total. The molecular formula is C19H24ClN3O4S. The molecule has 28 heavy (non-hydrogen) atoms. The third kappa shape index (κ3) is 4.56. The van der Waals surface area contributed by atoms with Gasteiger partial charge in [0.1, 0.15) is 10.6 Å². The molecule has 0 saturated carbocycles. The molecule has 152 valence electrons. The zero-order valence-electron chi connectivity index (χ0n) is 15.9. The molecule has 1 aromatic carbocycles. The Morgan fingerprint density at radius 3 is 2.68 bits per heavy atom. The van der Waals surface area contributed by atoms with Gasteiger partial charge in [-0.1, -0.05) is 28.9 Å². The van der Waals surface area contributed by atoms with Gasteiger partial charge in [0.2, 0.25) is 15.9 Å². The third-order valence-electron chi connectivity index (χ3n) is 4.95. The Labute approximate surface area is 170 Å². The van der Waals surface area contributed by atoms with Crippen LogP contribution in [0.25, 0.3) is 0 Å². The minimum atomic E-state index is -3.73. The first kappa shape index (κ1) is 20.8. The monoisotopic (exact) mass is 425 g/mol. The molecule has 1 aliphatic heterocycles. The number of carbonyl (C=O) groups excluding carboxylic acids is 1. The van der Waals surface area contributed by atoms with Crippen LogP contribution in [0.3, 0.4) is 0 Å². The van der Waals surface area contributed by atoms with Gasteiger partial charge in [-0.15, -0.1) is 0 Å². The Kier molecular flexibility index (Phi) is 6.42. The van der Waals surface area contributed by atoms with Gasteiger partial charge in [0.15, 0.2) is 5.76 Å². The largest absolute Gasteiger partial charge is 0.360 e. The molecule has 0 radical (unpaired) electrons. The number of benzene rings is 1. The molecule has 1 N–H and O–H groups in total. The Morgan fingerprint density at radius 2 is 2.04 bits per heavy atom. The number of carbonyl (C=O) groups is 1. The van der Waals surface area contributed by atoms with Gasteiger partial charge in [0, 0.05) is 24.7 Å². The van der Waals surface area contributed by atoms with Crippen LogP contribution in [0.15, 0.2) is 33.7 Å². The molecule has 1 aromatic heterocycles. The topological polar surface area (TPSA) is 92.5 Å². The first-order chi connectivity index (χ1) is 13.3. The summed E-state index contributed by atoms with van der Waals surface area (Å²) in [7, 11) is -3.73. The van der Waals surface area contributed by atoms with Crippen LogP contribution in [0.1, 0.15) is 29.9 Å². The number of hydrogen-bond acceptors (Lipinski definition) is 5. The summed E-state index contributed by atoms with van der Waals surface area (Å²) < 4.78 is 32.3. The lowest BCUT2D eigenvalue weighted by Crippen LogP contribution is -2.45. The number of aromatic nitrogens is 1. The summed E-state index contributed by atoms with van der Waals surface area (Å²) in [5.41, 5.74) is 1.42. The smallest absolute Gasteiger partial charge is 0.248 e. The van der Waals surface area contributed by atoms with Gasteiger partial charge in [-0.25, -0.2) is 8.42 Å². The molecule has 1 fully saturated rings. The van der Waals surface area contributed by atoms with Crippen LogP contribution in [-0.4, -0.2) is 43.4 Å². The van der Waals surface area contributed by atoms with Crippen LogP contribution in [0, 0.1) is 19.8 Å². The minimum absolute atomic E-state index is 0.108. The van der Waals surface area contributed by atoms with Crippen molar-refractivity contribution in [2.24, 2.45) is 5.92 Å². The molecule has 0 spiro atoms. The van der Waals surface area contributed by atoms with Crippen LogP contribution < -0.4 is 5.32 Å². The highest BCUT2D eigenvalue weighted by Crippen LogP contribution is 2.27. The number of nitrogens with zero attached hydrogens (tertiary/aromatic N) is 2. The van der Waals surface area contributed by atoms with Gasteiger partial charge >= 0.3 is 0 Å². The van der Waals surface area contributed by atoms with Crippen molar-refractivity contribution in [2.45, 2.75) is 38.0 Å². The lowest BCUT2D eigenvalue weighted by molar-refractivity contribution is -0.126. The predicted molar refractivity (Wildman–Crippen MR) is 106 cm³/mol. The first-order valence-electron chi connectivity index (χ1n) is 9.24. The molecular weight excluding hydrogens is 402 g/mol. The highest BCUT2D eigenvalue weighted by molar-refractivity contribution is 7.89. The summed E-state index contributed by atoms with van der Waals surface area (Å²) >= 11 is 5.87. The van der Waals surface area contributed by atoms with Crippen molar-refractivity contribution in [1.82, 2.24) is 14.8 Å². The molecule has 2 aromatic rings. The van der Waals surface area contributed by atoms with E-state index in [4.69, 9.17) is 16.1 Å². The summed E-state index contributed by atoms with van der Waals surface area (Å²) in [5, 5.41) is 7.33. The lowest BCUT2D eigenvalue weighted by Gasteiger charge is -2.31. The van der Waals surface area contributed by atoms with E-state index >= 15 is 0 Å². The van der Waals surface area contributed by atoms with Gasteiger partial charge in [0.05, 0.1) is 5.92 Å². The van der Waals surface area contributed by atoms with Crippen LogP contribution in [0.2, 0.25) is 5.02 Å². The molecule has 0 unspecified atom stereocenters. The third-order valence-corrected chi connectivity index (χ3v) is 7.31. The van der Waals surface area contributed by atoms with E-state index in [1.807, 2.05) is 24.3 Å². The van der Waals surface area contributed by atoms with Crippen molar-refractivity contribution in [3.05, 3.63) is 46.3 Å². The highest BCUT2D eigenvalue weighted by Gasteiger charge is 2.36. The summed E-state index contributed by atoms with van der Waals surface area (Å²) in [6, 6.07) is 7.48. The molecule has 0 aliphatic carbocycles. The molecule has 9 heteroatoms. The van der Waals surface area contributed by atoms with Crippen molar-refractivity contribution < 1.29 is 17.7 Å². The Hall–Kier alpha value is -1.90. The summed E-state index contributed by atoms with van der Waals surface area (Å²) in [6.45, 7) is 4.24. The van der Waals surface area contributed by atoms with E-state index in [-0.39, 0.29) is 29.0 Å². The number of aryl methyl sites for hydroxylation is 2. The van der Waals surface area contributed by atoms with E-state index < -0.39 is 10.0 Å². The van der Waals surface area contributed by atoms with Crippen molar-refractivity contribution in [1.29, 1.82) is 0 Å². The second kappa shape index (κ2) is 8.63. The van der Waals surface area contributed by atoms with E-state index in [0.717, 1.165) is 5.56 Å². The standard InChI is InChI=1S/C19H24ClN3O4S/c1-13-18(14(2)27-22-13)28(25,26)23-11-3-4-16(12-23)19(24)21-10-9-15-5-7-17(20)8-6-15/h5-8,16H,3-4,9-12H2,1-2H3,(H,21,24)/t16-/m1/s1. The molecule has 1 saturated heterocycles. The van der Waals surface area contributed by atoms with Crippen LogP contribution >= 0.6 is 11.6 Å². The normalized spacial score (nSPS) is 18.2. The van der Waals surface area contributed by atoms with Gasteiger partial charge in [-0.3, -0.25) is 4.79 Å². The first-order valence-corrected chi connectivity index (χ1v) is 11.1. The van der Waals surface area contributed by atoms with Gasteiger partial charge in [-0.2, -0.15) is 4.31 Å². The molecule has 1 aliphatic rings. The Balaban J connectivity index is 1.59. The molecule has 1 atom stereocenters.